The van der Waals surface area contributed by atoms with Crippen molar-refractivity contribution < 1.29 is 14.3 Å². The van der Waals surface area contributed by atoms with Crippen molar-refractivity contribution in [2.75, 3.05) is 18.6 Å². The number of halogens is 2. The second-order valence-corrected chi connectivity index (χ2v) is 8.97. The van der Waals surface area contributed by atoms with Crippen LogP contribution in [0, 0.1) is 5.41 Å². The smallest absolute Gasteiger partial charge is 0.315 e. The maximum Gasteiger partial charge on any atom is 0.315 e. The van der Waals surface area contributed by atoms with Crippen LogP contribution in [-0.2, 0) is 19.7 Å². The van der Waals surface area contributed by atoms with Crippen LogP contribution in [0.25, 0.3) is 0 Å². The molecule has 4 nitrogen and oxygen atoms in total. The molecule has 1 fully saturated rings. The maximum absolute atomic E-state index is 12.4. The minimum absolute atomic E-state index is 0.268. The molecule has 25 heavy (non-hydrogen) atoms. The van der Waals surface area contributed by atoms with Crippen LogP contribution in [0.3, 0.4) is 0 Å². The minimum atomic E-state index is -1.10. The summed E-state index contributed by atoms with van der Waals surface area (Å²) in [6.45, 7) is 5.47. The molecule has 0 saturated heterocycles. The van der Waals surface area contributed by atoms with Crippen LogP contribution in [0.5, 0.6) is 0 Å². The number of benzene rings is 1. The number of carbonyl (C=O) groups is 2. The van der Waals surface area contributed by atoms with E-state index in [1.54, 1.807) is 13.0 Å². The molecule has 1 heterocycles. The molecule has 1 saturated carbocycles. The van der Waals surface area contributed by atoms with E-state index in [2.05, 4.69) is 19.9 Å². The molecule has 0 N–H and O–H groups in total. The molecule has 2 aliphatic rings. The van der Waals surface area contributed by atoms with Gasteiger partial charge in [0.2, 0.25) is 0 Å². The van der Waals surface area contributed by atoms with Crippen molar-refractivity contribution >= 4 is 40.6 Å². The summed E-state index contributed by atoms with van der Waals surface area (Å²) in [5.74, 6) is -0.804. The number of hydrogen-bond acceptors (Lipinski definition) is 4. The molecule has 1 aliphatic heterocycles. The lowest BCUT2D eigenvalue weighted by Crippen LogP contribution is -2.26. The molecule has 0 unspecified atom stereocenters. The molecule has 6 heteroatoms. The molecule has 1 aromatic rings. The number of anilines is 1. The second kappa shape index (κ2) is 5.75. The molecular formula is C19H21Cl2NO3. The molecule has 0 amide bonds. The first-order valence-corrected chi connectivity index (χ1v) is 8.89. The summed E-state index contributed by atoms with van der Waals surface area (Å²) in [4.78, 5) is 26.4. The average molecular weight is 382 g/mol. The summed E-state index contributed by atoms with van der Waals surface area (Å²) < 4.78 is 4.04. The van der Waals surface area contributed by atoms with E-state index in [1.807, 2.05) is 30.1 Å². The van der Waals surface area contributed by atoms with Gasteiger partial charge in [0, 0.05) is 36.3 Å². The fourth-order valence-corrected chi connectivity index (χ4v) is 4.06. The van der Waals surface area contributed by atoms with Crippen LogP contribution in [0.4, 0.5) is 5.69 Å². The van der Waals surface area contributed by atoms with Gasteiger partial charge < -0.3 is 9.64 Å². The van der Waals surface area contributed by atoms with Gasteiger partial charge in [-0.2, -0.15) is 0 Å². The van der Waals surface area contributed by atoms with Crippen molar-refractivity contribution in [2.24, 2.45) is 5.41 Å². The normalized spacial score (nSPS) is 27.1. The third kappa shape index (κ3) is 2.85. The van der Waals surface area contributed by atoms with E-state index in [4.69, 9.17) is 27.9 Å². The van der Waals surface area contributed by atoms with E-state index in [9.17, 15) is 9.59 Å². The largest absolute Gasteiger partial charge is 0.457 e. The van der Waals surface area contributed by atoms with Gasteiger partial charge in [-0.1, -0.05) is 32.0 Å². The Labute approximate surface area is 157 Å². The second-order valence-electron chi connectivity index (χ2n) is 7.49. The lowest BCUT2D eigenvalue weighted by molar-refractivity contribution is -0.152. The lowest BCUT2D eigenvalue weighted by atomic mass is 9.83. The number of carbonyl (C=O) groups excluding carboxylic acids is 2. The summed E-state index contributed by atoms with van der Waals surface area (Å²) in [6.07, 6.45) is 1.89. The van der Waals surface area contributed by atoms with E-state index in [0.29, 0.717) is 6.42 Å². The van der Waals surface area contributed by atoms with E-state index >= 15 is 0 Å². The monoisotopic (exact) mass is 381 g/mol. The average Bonchev–Trinajstić information content (AvgIpc) is 3.01. The Hall–Kier alpha value is -1.52. The Kier molecular flexibility index (Phi) is 4.20. The topological polar surface area (TPSA) is 46.6 Å². The molecule has 0 radical (unpaired) electrons. The zero-order valence-corrected chi connectivity index (χ0v) is 16.2. The molecule has 0 spiro atoms. The number of alkyl halides is 2. The van der Waals surface area contributed by atoms with Gasteiger partial charge in [0.15, 0.2) is 12.4 Å². The van der Waals surface area contributed by atoms with Crippen molar-refractivity contribution in [3.8, 4) is 0 Å². The predicted octanol–water partition coefficient (Wildman–Crippen LogP) is 3.99. The van der Waals surface area contributed by atoms with Crippen molar-refractivity contribution in [3.63, 3.8) is 0 Å². The number of ketones is 1. The summed E-state index contributed by atoms with van der Waals surface area (Å²) in [6, 6.07) is 8.04. The molecule has 1 aromatic carbocycles. The van der Waals surface area contributed by atoms with Gasteiger partial charge in [0.05, 0.1) is 0 Å². The van der Waals surface area contributed by atoms with Gasteiger partial charge in [-0.3, -0.25) is 9.59 Å². The Morgan fingerprint density at radius 2 is 1.84 bits per heavy atom. The summed E-state index contributed by atoms with van der Waals surface area (Å²) >= 11 is 11.9. The van der Waals surface area contributed by atoms with Gasteiger partial charge in [-0.15, -0.1) is 23.2 Å². The van der Waals surface area contributed by atoms with Crippen LogP contribution in [0.15, 0.2) is 36.0 Å². The zero-order chi connectivity index (χ0) is 18.6. The van der Waals surface area contributed by atoms with Crippen molar-refractivity contribution in [2.45, 2.75) is 36.9 Å². The SMILES string of the molecule is CN1/C(=C/C(=O)COC(=O)[C@]2(C)CC2(Cl)Cl)C(C)(C)c2ccccc21. The van der Waals surface area contributed by atoms with Crippen LogP contribution in [0.2, 0.25) is 0 Å². The Bertz CT molecular complexity index is 785. The number of allylic oxidation sites excluding steroid dienone is 1. The number of ether oxygens (including phenoxy) is 1. The van der Waals surface area contributed by atoms with Gasteiger partial charge >= 0.3 is 5.97 Å². The number of nitrogens with zero attached hydrogens (tertiary/aromatic N) is 1. The van der Waals surface area contributed by atoms with E-state index in [-0.39, 0.29) is 17.8 Å². The van der Waals surface area contributed by atoms with Gasteiger partial charge in [-0.05, 0) is 18.6 Å². The summed E-state index contributed by atoms with van der Waals surface area (Å²) in [5.41, 5.74) is 1.88. The quantitative estimate of drug-likeness (QED) is 0.449. The van der Waals surface area contributed by atoms with E-state index in [1.165, 1.54) is 0 Å². The minimum Gasteiger partial charge on any atom is -0.457 e. The third-order valence-electron chi connectivity index (χ3n) is 5.29. The van der Waals surface area contributed by atoms with Crippen LogP contribution in [-0.4, -0.2) is 29.7 Å². The molecule has 1 atom stereocenters. The predicted molar refractivity (Wildman–Crippen MR) is 99.1 cm³/mol. The number of esters is 1. The number of likely N-dealkylation sites (N-methyl/N-ethyl adjacent to an activating group) is 1. The van der Waals surface area contributed by atoms with E-state index < -0.39 is 15.7 Å². The number of hydrogen-bond donors (Lipinski definition) is 0. The molecule has 0 aromatic heterocycles. The van der Waals surface area contributed by atoms with Crippen molar-refractivity contribution in [1.29, 1.82) is 0 Å². The van der Waals surface area contributed by atoms with Crippen molar-refractivity contribution in [3.05, 3.63) is 41.6 Å². The first-order valence-electron chi connectivity index (χ1n) is 8.14. The van der Waals surface area contributed by atoms with Crippen LogP contribution in [0.1, 0.15) is 32.8 Å². The highest BCUT2D eigenvalue weighted by Crippen LogP contribution is 2.64. The fraction of sp³-hybridized carbons (Fsp3) is 0.474. The fourth-order valence-electron chi connectivity index (χ4n) is 3.37. The Balaban J connectivity index is 1.71. The first-order chi connectivity index (χ1) is 11.5. The highest BCUT2D eigenvalue weighted by molar-refractivity contribution is 6.53. The molecule has 3 rings (SSSR count). The van der Waals surface area contributed by atoms with E-state index in [0.717, 1.165) is 16.9 Å². The molecule has 1 aliphatic carbocycles. The number of rotatable bonds is 4. The Morgan fingerprint density at radius 3 is 2.40 bits per heavy atom. The molecular weight excluding hydrogens is 361 g/mol. The standard InChI is InChI=1S/C19H21Cl2NO3/c1-17(2)13-7-5-6-8-14(13)22(4)15(17)9-12(23)10-25-16(24)18(3)11-19(18,20)21/h5-9H,10-11H2,1-4H3/b15-9+/t18-/m0/s1. The summed E-state index contributed by atoms with van der Waals surface area (Å²) in [5, 5.41) is 0. The first kappa shape index (κ1) is 18.3. The van der Waals surface area contributed by atoms with Gasteiger partial charge in [0.25, 0.3) is 0 Å². The molecule has 134 valence electrons. The Morgan fingerprint density at radius 1 is 1.24 bits per heavy atom. The van der Waals surface area contributed by atoms with Crippen LogP contribution >= 0.6 is 23.2 Å². The summed E-state index contributed by atoms with van der Waals surface area (Å²) in [7, 11) is 1.93. The van der Waals surface area contributed by atoms with Gasteiger partial charge in [0.1, 0.15) is 9.75 Å². The number of fused-ring (bicyclic) bond motifs is 1. The zero-order valence-electron chi connectivity index (χ0n) is 14.7. The van der Waals surface area contributed by atoms with Gasteiger partial charge in [-0.25, -0.2) is 0 Å². The highest BCUT2D eigenvalue weighted by Gasteiger charge is 2.69. The highest BCUT2D eigenvalue weighted by atomic mass is 35.5. The van der Waals surface area contributed by atoms with Crippen molar-refractivity contribution in [1.82, 2.24) is 0 Å². The number of para-hydroxylation sites is 1. The maximum atomic E-state index is 12.4. The van der Waals surface area contributed by atoms with Crippen LogP contribution < -0.4 is 4.90 Å². The lowest BCUT2D eigenvalue weighted by Gasteiger charge is -2.24. The third-order valence-corrected chi connectivity index (χ3v) is 6.39. The molecule has 0 bridgehead atoms.